The fraction of sp³-hybridized carbons (Fsp3) is 0.649. The van der Waals surface area contributed by atoms with Gasteiger partial charge in [-0.25, -0.2) is 9.78 Å². The lowest BCUT2D eigenvalue weighted by Gasteiger charge is -2.36. The summed E-state index contributed by atoms with van der Waals surface area (Å²) in [6, 6.07) is 5.68. The van der Waals surface area contributed by atoms with Crippen molar-refractivity contribution in [3.05, 3.63) is 35.5 Å². The number of thiazole rings is 1. The smallest absolute Gasteiger partial charge is 0.407 e. The quantitative estimate of drug-likeness (QED) is 0.179. The van der Waals surface area contributed by atoms with Crippen LogP contribution in [0.3, 0.4) is 0 Å². The number of anilines is 1. The maximum atomic E-state index is 13.9. The van der Waals surface area contributed by atoms with Gasteiger partial charge < -0.3 is 49.2 Å². The minimum absolute atomic E-state index is 0.0208. The highest BCUT2D eigenvalue weighted by Crippen LogP contribution is 2.31. The Morgan fingerprint density at radius 1 is 0.943 bits per heavy atom. The van der Waals surface area contributed by atoms with Crippen LogP contribution in [0.25, 0.3) is 10.4 Å². The van der Waals surface area contributed by atoms with Crippen LogP contribution >= 0.6 is 11.3 Å². The lowest BCUT2D eigenvalue weighted by molar-refractivity contribution is -0.144. The average molecular weight is 764 g/mol. The van der Waals surface area contributed by atoms with Gasteiger partial charge in [0, 0.05) is 32.2 Å². The number of aliphatic hydroxyl groups is 1. The van der Waals surface area contributed by atoms with E-state index < -0.39 is 47.1 Å². The first-order valence-corrected chi connectivity index (χ1v) is 18.7. The summed E-state index contributed by atoms with van der Waals surface area (Å²) in [5.41, 5.74) is 3.12. The number of hydrogen-bond acceptors (Lipinski definition) is 12. The number of aromatic nitrogens is 1. The standard InChI is InChI=1S/C37H57N5O10S/c1-25-31(53-24-39-25)26-9-11-27(12-10-26)41(8)33(45)29-21-28(43)22-42(29)34(46)32(36(2,3)4)40-30(44)23-51-20-19-50-18-17-49-16-15-48-14-13-38-35(47)52-37(5,6)7/h9-12,24,28-29,32,43H,13-23H2,1-8H3,(H,38,47)(H,40,44)/t28-,29+,32-/m1/s1. The van der Waals surface area contributed by atoms with Crippen LogP contribution in [0.5, 0.6) is 0 Å². The first-order valence-electron chi connectivity index (χ1n) is 17.8. The molecule has 0 unspecified atom stereocenters. The number of likely N-dealkylation sites (tertiary alicyclic amines) is 1. The first-order chi connectivity index (χ1) is 25.0. The number of nitrogens with one attached hydrogen (secondary N) is 2. The van der Waals surface area contributed by atoms with E-state index in [-0.39, 0.29) is 38.7 Å². The molecule has 3 N–H and O–H groups in total. The molecule has 1 aromatic heterocycles. The number of carbonyl (C=O) groups excluding carboxylic acids is 4. The maximum absolute atomic E-state index is 13.9. The van der Waals surface area contributed by atoms with Gasteiger partial charge >= 0.3 is 6.09 Å². The molecule has 53 heavy (non-hydrogen) atoms. The van der Waals surface area contributed by atoms with Crippen molar-refractivity contribution in [2.75, 3.05) is 77.9 Å². The molecule has 1 fully saturated rings. The number of nitrogens with zero attached hydrogens (tertiary/aromatic N) is 3. The van der Waals surface area contributed by atoms with E-state index in [1.54, 1.807) is 44.7 Å². The fourth-order valence-corrected chi connectivity index (χ4v) is 6.25. The SMILES string of the molecule is Cc1ncsc1-c1ccc(N(C)C(=O)[C@@H]2C[C@@H](O)CN2C(=O)[C@@H](NC(=O)COCCOCCOCCOCCNC(=O)OC(C)(C)C)C(C)(C)C)cc1. The van der Waals surface area contributed by atoms with Crippen molar-refractivity contribution in [1.29, 1.82) is 0 Å². The number of aryl methyl sites for hydroxylation is 1. The number of β-amino-alcohol motifs (C(OH)–C–C–N with tert-alkyl or cyclic N) is 1. The Hall–Kier alpha value is -3.67. The molecular formula is C37H57N5O10S. The predicted octanol–water partition coefficient (Wildman–Crippen LogP) is 3.17. The minimum Gasteiger partial charge on any atom is -0.444 e. The molecule has 0 radical (unpaired) electrons. The van der Waals surface area contributed by atoms with Crippen molar-refractivity contribution in [2.24, 2.45) is 5.41 Å². The summed E-state index contributed by atoms with van der Waals surface area (Å²) in [5.74, 6) is -1.27. The third-order valence-electron chi connectivity index (χ3n) is 8.12. The zero-order valence-electron chi connectivity index (χ0n) is 32.3. The zero-order chi connectivity index (χ0) is 39.2. The largest absolute Gasteiger partial charge is 0.444 e. The van der Waals surface area contributed by atoms with Crippen molar-refractivity contribution < 1.29 is 48.0 Å². The van der Waals surface area contributed by atoms with Gasteiger partial charge in [0.25, 0.3) is 0 Å². The Balaban J connectivity index is 1.37. The molecule has 296 valence electrons. The van der Waals surface area contributed by atoms with Crippen LogP contribution in [-0.2, 0) is 38.1 Å². The molecule has 1 aromatic carbocycles. The van der Waals surface area contributed by atoms with E-state index in [4.69, 9.17) is 23.7 Å². The second-order valence-corrected chi connectivity index (χ2v) is 15.6. The number of amides is 4. The Morgan fingerprint density at radius 3 is 2.08 bits per heavy atom. The van der Waals surface area contributed by atoms with Crippen LogP contribution in [0.2, 0.25) is 0 Å². The third-order valence-corrected chi connectivity index (χ3v) is 9.10. The van der Waals surface area contributed by atoms with Crippen molar-refractivity contribution in [3.63, 3.8) is 0 Å². The van der Waals surface area contributed by atoms with E-state index in [0.29, 0.717) is 45.3 Å². The molecule has 4 amide bonds. The second kappa shape index (κ2) is 20.7. The van der Waals surface area contributed by atoms with Crippen LogP contribution in [0, 0.1) is 12.3 Å². The van der Waals surface area contributed by atoms with E-state index in [0.717, 1.165) is 16.1 Å². The highest BCUT2D eigenvalue weighted by Gasteiger charge is 2.45. The minimum atomic E-state index is -0.968. The summed E-state index contributed by atoms with van der Waals surface area (Å²) in [6.45, 7) is 14.9. The number of alkyl carbamates (subject to hydrolysis) is 1. The van der Waals surface area contributed by atoms with Gasteiger partial charge in [0.05, 0.1) is 68.4 Å². The first kappa shape index (κ1) is 43.7. The normalized spacial score (nSPS) is 16.7. The molecule has 15 nitrogen and oxygen atoms in total. The van der Waals surface area contributed by atoms with Crippen LogP contribution < -0.4 is 15.5 Å². The van der Waals surface area contributed by atoms with E-state index >= 15 is 0 Å². The van der Waals surface area contributed by atoms with Gasteiger partial charge in [0.15, 0.2) is 0 Å². The topological polar surface area (TPSA) is 178 Å². The van der Waals surface area contributed by atoms with Gasteiger partial charge in [-0.05, 0) is 50.8 Å². The summed E-state index contributed by atoms with van der Waals surface area (Å²) < 4.78 is 27.0. The summed E-state index contributed by atoms with van der Waals surface area (Å²) in [6.07, 6.45) is -1.28. The molecule has 0 bridgehead atoms. The fourth-order valence-electron chi connectivity index (χ4n) is 5.44. The highest BCUT2D eigenvalue weighted by molar-refractivity contribution is 7.13. The summed E-state index contributed by atoms with van der Waals surface area (Å²) in [7, 11) is 1.65. The molecule has 0 spiro atoms. The molecule has 2 heterocycles. The third kappa shape index (κ3) is 14.6. The van der Waals surface area contributed by atoms with Gasteiger partial charge in [0.1, 0.15) is 24.3 Å². The van der Waals surface area contributed by atoms with E-state index in [1.165, 1.54) is 9.80 Å². The molecule has 3 rings (SSSR count). The second-order valence-electron chi connectivity index (χ2n) is 14.8. The van der Waals surface area contributed by atoms with E-state index in [2.05, 4.69) is 15.6 Å². The molecule has 1 aliphatic rings. The number of rotatable bonds is 19. The number of likely N-dealkylation sites (N-methyl/N-ethyl adjacent to an activating group) is 1. The molecule has 16 heteroatoms. The van der Waals surface area contributed by atoms with Crippen LogP contribution in [-0.4, -0.2) is 136 Å². The van der Waals surface area contributed by atoms with Crippen molar-refractivity contribution in [1.82, 2.24) is 20.5 Å². The molecule has 3 atom stereocenters. The van der Waals surface area contributed by atoms with Crippen molar-refractivity contribution >= 4 is 40.8 Å². The average Bonchev–Trinajstić information content (AvgIpc) is 3.70. The molecule has 2 aromatic rings. The molecule has 1 aliphatic heterocycles. The Kier molecular flexibility index (Phi) is 17.1. The van der Waals surface area contributed by atoms with Gasteiger partial charge in [-0.2, -0.15) is 0 Å². The Labute approximate surface area is 316 Å². The Bertz CT molecular complexity index is 1470. The van der Waals surface area contributed by atoms with E-state index in [9.17, 15) is 24.3 Å². The summed E-state index contributed by atoms with van der Waals surface area (Å²) >= 11 is 1.55. The number of benzene rings is 1. The molecule has 1 saturated heterocycles. The summed E-state index contributed by atoms with van der Waals surface area (Å²) in [4.78, 5) is 60.4. The lowest BCUT2D eigenvalue weighted by Crippen LogP contribution is -2.58. The number of aliphatic hydroxyl groups excluding tert-OH is 1. The van der Waals surface area contributed by atoms with Crippen molar-refractivity contribution in [3.8, 4) is 10.4 Å². The summed E-state index contributed by atoms with van der Waals surface area (Å²) in [5, 5.41) is 16.0. The molecule has 0 aliphatic carbocycles. The van der Waals surface area contributed by atoms with Gasteiger partial charge in [-0.1, -0.05) is 32.9 Å². The highest BCUT2D eigenvalue weighted by atomic mass is 32.1. The van der Waals surface area contributed by atoms with Gasteiger partial charge in [-0.15, -0.1) is 11.3 Å². The molecular weight excluding hydrogens is 706 g/mol. The van der Waals surface area contributed by atoms with Gasteiger partial charge in [0.2, 0.25) is 17.7 Å². The molecule has 0 saturated carbocycles. The van der Waals surface area contributed by atoms with Crippen molar-refractivity contribution in [2.45, 2.75) is 78.7 Å². The lowest BCUT2D eigenvalue weighted by atomic mass is 9.85. The van der Waals surface area contributed by atoms with Crippen LogP contribution in [0.4, 0.5) is 10.5 Å². The zero-order valence-corrected chi connectivity index (χ0v) is 33.1. The number of hydrogen-bond donors (Lipinski definition) is 3. The maximum Gasteiger partial charge on any atom is 0.407 e. The van der Waals surface area contributed by atoms with E-state index in [1.807, 2.05) is 52.0 Å². The van der Waals surface area contributed by atoms with Crippen LogP contribution in [0.15, 0.2) is 29.8 Å². The Morgan fingerprint density at radius 2 is 1.53 bits per heavy atom. The van der Waals surface area contributed by atoms with Gasteiger partial charge in [-0.3, -0.25) is 14.4 Å². The van der Waals surface area contributed by atoms with Crippen LogP contribution in [0.1, 0.15) is 53.7 Å². The number of carbonyl (C=O) groups is 4. The number of ether oxygens (including phenoxy) is 5. The predicted molar refractivity (Wildman–Crippen MR) is 201 cm³/mol. The monoisotopic (exact) mass is 763 g/mol.